The first-order chi connectivity index (χ1) is 5.20. The molecule has 0 radical (unpaired) electrons. The molecule has 18 heteroatoms. The van der Waals surface area contributed by atoms with Crippen LogP contribution in [0.1, 0.15) is 0 Å². The summed E-state index contributed by atoms with van der Waals surface area (Å²) in [6.45, 7) is 0. The van der Waals surface area contributed by atoms with Gasteiger partial charge in [0.05, 0.1) is 10.2 Å². The first kappa shape index (κ1) is 69.2. The van der Waals surface area contributed by atoms with E-state index in [1.165, 1.54) is 0 Å². The second-order valence-electron chi connectivity index (χ2n) is 0.685. The second kappa shape index (κ2) is 57.0. The summed E-state index contributed by atoms with van der Waals surface area (Å²) in [6.07, 6.45) is 0. The molecule has 116 valence electrons. The maximum Gasteiger partial charge on any atom is 0.291 e. The van der Waals surface area contributed by atoms with E-state index in [0.717, 1.165) is 0 Å². The first-order valence-electron chi connectivity index (χ1n) is 1.66. The van der Waals surface area contributed by atoms with Crippen LogP contribution in [0.5, 0.6) is 0 Å². The Morgan fingerprint density at radius 1 is 0.611 bits per heavy atom. The van der Waals surface area contributed by atoms with Crippen LogP contribution in [0.15, 0.2) is 0 Å². The van der Waals surface area contributed by atoms with Gasteiger partial charge in [0.15, 0.2) is 0 Å². The summed E-state index contributed by atoms with van der Waals surface area (Å²) in [4.78, 5) is 24.9. The van der Waals surface area contributed by atoms with Gasteiger partial charge >= 0.3 is 0 Å². The van der Waals surface area contributed by atoms with Crippen LogP contribution in [0.2, 0.25) is 0 Å². The average Bonchev–Trinajstić information content (AvgIpc) is 1.54. The Kier molecular flexibility index (Phi) is 219. The predicted octanol–water partition coefficient (Wildman–Crippen LogP) is -4.95. The van der Waals surface area contributed by atoms with Crippen molar-refractivity contribution in [3.63, 3.8) is 0 Å². The zero-order valence-corrected chi connectivity index (χ0v) is 11.3. The number of rotatable bonds is 0. The van der Waals surface area contributed by atoms with Gasteiger partial charge in [-0.15, -0.1) is 10.1 Å². The van der Waals surface area contributed by atoms with E-state index in [-0.39, 0.29) is 68.2 Å². The minimum absolute atomic E-state index is 0. The van der Waals surface area contributed by atoms with Gasteiger partial charge in [-0.2, -0.15) is 0 Å². The Morgan fingerprint density at radius 2 is 0.611 bits per heavy atom. The molecule has 18 heavy (non-hydrogen) atoms. The predicted molar refractivity (Wildman–Crippen MR) is 47.6 cm³/mol. The molecule has 0 aromatic heterocycles. The Labute approximate surface area is 129 Å². The molecule has 0 saturated carbocycles. The van der Waals surface area contributed by atoms with Crippen molar-refractivity contribution in [1.29, 1.82) is 0 Å². The SMILES string of the molecule is O.O.O.O.O.O=[N+]([O-])O.O=[N+]([O-])[O-].O=[N+]([O-])[O-].[Nd]. The van der Waals surface area contributed by atoms with E-state index in [1.807, 2.05) is 0 Å². The van der Waals surface area contributed by atoms with Crippen molar-refractivity contribution < 1.29 is 88.7 Å². The number of hydrogen-bond acceptors (Lipinski definition) is 8. The van der Waals surface area contributed by atoms with Crippen molar-refractivity contribution in [3.8, 4) is 0 Å². The second-order valence-corrected chi connectivity index (χ2v) is 0.685. The Bertz CT molecular complexity index is 115. The largest absolute Gasteiger partial charge is 0.412 e. The number of nitrogens with zero attached hydrogens (tertiary/aromatic N) is 3. The summed E-state index contributed by atoms with van der Waals surface area (Å²) in [6, 6.07) is 0. The van der Waals surface area contributed by atoms with E-state index in [2.05, 4.69) is 0 Å². The van der Waals surface area contributed by atoms with Crippen molar-refractivity contribution in [1.82, 2.24) is 0 Å². The molecular weight excluding hydrogens is 410 g/mol. The van der Waals surface area contributed by atoms with Crippen LogP contribution < -0.4 is 0 Å². The zero-order valence-electron chi connectivity index (χ0n) is 8.05. The topological polar surface area (TPSA) is 353 Å². The Morgan fingerprint density at radius 3 is 0.611 bits per heavy atom. The Balaban J connectivity index is -0.00000000827. The van der Waals surface area contributed by atoms with Crippen LogP contribution in [0.3, 0.4) is 0 Å². The third-order valence-corrected chi connectivity index (χ3v) is 0. The van der Waals surface area contributed by atoms with Crippen LogP contribution in [-0.2, 0) is 0 Å². The minimum atomic E-state index is -1.75. The first-order valence-corrected chi connectivity index (χ1v) is 1.66. The molecule has 0 spiro atoms. The summed E-state index contributed by atoms with van der Waals surface area (Å²) in [5.74, 6) is 0. The van der Waals surface area contributed by atoms with Gasteiger partial charge in [-0.25, -0.2) is 0 Å². The fourth-order valence-corrected chi connectivity index (χ4v) is 0. The smallest absolute Gasteiger partial charge is 0.291 e. The molecular formula is H11N3NdO14-2. The van der Waals surface area contributed by atoms with Crippen molar-refractivity contribution in [2.75, 3.05) is 0 Å². The molecule has 0 aromatic carbocycles. The molecule has 0 rings (SSSR count). The quantitative estimate of drug-likeness (QED) is 0.288. The van der Waals surface area contributed by atoms with E-state index in [1.54, 1.807) is 0 Å². The van der Waals surface area contributed by atoms with Crippen LogP contribution >= 0.6 is 0 Å². The maximum absolute atomic E-state index is 8.36. The number of hydrogen-bond donors (Lipinski definition) is 1. The monoisotopic (exact) mass is 419 g/mol. The molecule has 0 bridgehead atoms. The molecule has 0 aliphatic heterocycles. The summed E-state index contributed by atoms with van der Waals surface area (Å²) in [5.41, 5.74) is 0. The van der Waals surface area contributed by atoms with Crippen LogP contribution in [-0.4, -0.2) is 47.8 Å². The standard InChI is InChI=1S/HNO3.2NO3.Nd.5H2O/c3*2-1(3)4;;;;;;/h(H,2,3,4);;;;5*1H2/q;2*-1;;;;;;. The van der Waals surface area contributed by atoms with Gasteiger partial charge in [0.2, 0.25) is 0 Å². The van der Waals surface area contributed by atoms with Gasteiger partial charge in [-0.3, -0.25) is 0 Å². The van der Waals surface area contributed by atoms with Crippen molar-refractivity contribution in [2.45, 2.75) is 0 Å². The summed E-state index contributed by atoms with van der Waals surface area (Å²) >= 11 is 0. The van der Waals surface area contributed by atoms with E-state index < -0.39 is 15.3 Å². The minimum Gasteiger partial charge on any atom is -0.412 e. The van der Waals surface area contributed by atoms with E-state index >= 15 is 0 Å². The summed E-state index contributed by atoms with van der Waals surface area (Å²) < 4.78 is 0. The summed E-state index contributed by atoms with van der Waals surface area (Å²) in [7, 11) is 0. The molecule has 0 atom stereocenters. The zero-order chi connectivity index (χ0) is 10.7. The molecule has 0 aliphatic rings. The van der Waals surface area contributed by atoms with Crippen LogP contribution in [0.4, 0.5) is 0 Å². The fourth-order valence-electron chi connectivity index (χ4n) is 0. The van der Waals surface area contributed by atoms with Gasteiger partial charge in [-0.1, -0.05) is 0 Å². The van der Waals surface area contributed by atoms with Gasteiger partial charge in [-0.05, 0) is 0 Å². The molecule has 0 aliphatic carbocycles. The van der Waals surface area contributed by atoms with Gasteiger partial charge < -0.3 is 63.2 Å². The third-order valence-electron chi connectivity index (χ3n) is 0. The van der Waals surface area contributed by atoms with Crippen LogP contribution in [0.25, 0.3) is 0 Å². The van der Waals surface area contributed by atoms with Gasteiger partial charge in [0, 0.05) is 40.8 Å². The third kappa shape index (κ3) is 1790. The molecule has 0 unspecified atom stereocenters. The normalized spacial score (nSPS) is 4.00. The summed E-state index contributed by atoms with van der Waals surface area (Å²) in [5, 5.41) is 43.1. The maximum atomic E-state index is 8.36. The molecule has 0 aromatic rings. The average molecular weight is 421 g/mol. The van der Waals surface area contributed by atoms with E-state index in [9.17, 15) is 0 Å². The molecule has 0 saturated heterocycles. The fraction of sp³-hybridized carbons (Fsp3) is 0. The van der Waals surface area contributed by atoms with Crippen LogP contribution in [0, 0.1) is 81.6 Å². The molecule has 0 fully saturated rings. The van der Waals surface area contributed by atoms with Crippen molar-refractivity contribution in [2.24, 2.45) is 0 Å². The molecule has 0 amide bonds. The van der Waals surface area contributed by atoms with Gasteiger partial charge in [0.1, 0.15) is 0 Å². The Hall–Kier alpha value is -1.25. The van der Waals surface area contributed by atoms with Crippen molar-refractivity contribution >= 4 is 0 Å². The van der Waals surface area contributed by atoms with Gasteiger partial charge in [0.25, 0.3) is 5.09 Å². The van der Waals surface area contributed by atoms with E-state index in [4.69, 9.17) is 46.0 Å². The van der Waals surface area contributed by atoms with E-state index in [0.29, 0.717) is 0 Å². The molecule has 0 heterocycles. The molecule has 11 N–H and O–H groups in total. The van der Waals surface area contributed by atoms with Crippen molar-refractivity contribution in [3.05, 3.63) is 40.8 Å². The molecule has 17 nitrogen and oxygen atoms in total.